The second-order valence-electron chi connectivity index (χ2n) is 6.91. The van der Waals surface area contributed by atoms with Crippen molar-refractivity contribution in [3.05, 3.63) is 90.5 Å². The fourth-order valence-corrected chi connectivity index (χ4v) is 3.51. The second kappa shape index (κ2) is 9.98. The third-order valence-electron chi connectivity index (χ3n) is 4.86. The van der Waals surface area contributed by atoms with E-state index in [4.69, 9.17) is 4.74 Å². The Morgan fingerprint density at radius 2 is 1.69 bits per heavy atom. The van der Waals surface area contributed by atoms with Gasteiger partial charge in [-0.1, -0.05) is 60.7 Å². The molecule has 0 aromatic heterocycles. The summed E-state index contributed by atoms with van der Waals surface area (Å²) in [6.07, 6.45) is 9.36. The quantitative estimate of drug-likeness (QED) is 0.574. The number of para-hydroxylation sites is 1. The number of rotatable bonds is 8. The molecular formula is C24H29NO. The minimum atomic E-state index is 0.216. The molecule has 1 aliphatic carbocycles. The van der Waals surface area contributed by atoms with Crippen LogP contribution in [0, 0.1) is 0 Å². The molecule has 0 bridgehead atoms. The van der Waals surface area contributed by atoms with E-state index in [1.54, 1.807) is 0 Å². The normalized spacial score (nSPS) is 18.8. The molecule has 2 heteroatoms. The summed E-state index contributed by atoms with van der Waals surface area (Å²) in [6.45, 7) is 6.69. The SMILES string of the molecule is C=CCN(C/C=C1\CCCCC1Oc1ccccc1)Cc1ccccc1. The van der Waals surface area contributed by atoms with Crippen LogP contribution in [0.2, 0.25) is 0 Å². The van der Waals surface area contributed by atoms with Gasteiger partial charge in [0, 0.05) is 19.6 Å². The predicted octanol–water partition coefficient (Wildman–Crippen LogP) is 5.62. The van der Waals surface area contributed by atoms with E-state index in [1.165, 1.54) is 24.0 Å². The third kappa shape index (κ3) is 5.60. The molecule has 0 radical (unpaired) electrons. The molecule has 0 heterocycles. The molecule has 0 N–H and O–H groups in total. The molecule has 2 nitrogen and oxygen atoms in total. The Morgan fingerprint density at radius 3 is 2.42 bits per heavy atom. The van der Waals surface area contributed by atoms with Gasteiger partial charge in [-0.25, -0.2) is 0 Å². The van der Waals surface area contributed by atoms with Crippen molar-refractivity contribution in [2.45, 2.75) is 38.3 Å². The lowest BCUT2D eigenvalue weighted by Gasteiger charge is -2.27. The molecule has 1 atom stereocenters. The Kier molecular flexibility index (Phi) is 7.09. The summed E-state index contributed by atoms with van der Waals surface area (Å²) < 4.78 is 6.27. The lowest BCUT2D eigenvalue weighted by Crippen LogP contribution is -2.27. The monoisotopic (exact) mass is 347 g/mol. The molecule has 2 aromatic rings. The van der Waals surface area contributed by atoms with Crippen molar-refractivity contribution in [2.75, 3.05) is 13.1 Å². The van der Waals surface area contributed by atoms with Crippen LogP contribution < -0.4 is 4.74 Å². The number of nitrogens with zero attached hydrogens (tertiary/aromatic N) is 1. The van der Waals surface area contributed by atoms with Crippen LogP contribution in [-0.4, -0.2) is 24.1 Å². The van der Waals surface area contributed by atoms with Crippen LogP contribution in [0.5, 0.6) is 5.75 Å². The van der Waals surface area contributed by atoms with Crippen LogP contribution in [0.15, 0.2) is 85.0 Å². The topological polar surface area (TPSA) is 12.5 Å². The van der Waals surface area contributed by atoms with Crippen molar-refractivity contribution >= 4 is 0 Å². The van der Waals surface area contributed by atoms with Crippen molar-refractivity contribution in [2.24, 2.45) is 0 Å². The van der Waals surface area contributed by atoms with Gasteiger partial charge in [0.25, 0.3) is 0 Å². The van der Waals surface area contributed by atoms with Gasteiger partial charge in [0.1, 0.15) is 11.9 Å². The van der Waals surface area contributed by atoms with E-state index in [0.29, 0.717) is 0 Å². The van der Waals surface area contributed by atoms with E-state index in [2.05, 4.69) is 47.9 Å². The number of hydrogen-bond acceptors (Lipinski definition) is 2. The van der Waals surface area contributed by atoms with Crippen LogP contribution in [0.4, 0.5) is 0 Å². The van der Waals surface area contributed by atoms with Gasteiger partial charge in [0.15, 0.2) is 0 Å². The fourth-order valence-electron chi connectivity index (χ4n) is 3.51. The molecule has 2 aromatic carbocycles. The Hall–Kier alpha value is -2.32. The molecule has 1 unspecified atom stereocenters. The van der Waals surface area contributed by atoms with Crippen LogP contribution in [0.1, 0.15) is 31.2 Å². The van der Waals surface area contributed by atoms with E-state index >= 15 is 0 Å². The van der Waals surface area contributed by atoms with Crippen LogP contribution in [0.25, 0.3) is 0 Å². The molecule has 1 saturated carbocycles. The molecule has 1 aliphatic rings. The second-order valence-corrected chi connectivity index (χ2v) is 6.91. The zero-order valence-corrected chi connectivity index (χ0v) is 15.5. The number of benzene rings is 2. The van der Waals surface area contributed by atoms with Crippen molar-refractivity contribution in [1.29, 1.82) is 0 Å². The van der Waals surface area contributed by atoms with Gasteiger partial charge in [-0.15, -0.1) is 6.58 Å². The highest BCUT2D eigenvalue weighted by Gasteiger charge is 2.20. The highest BCUT2D eigenvalue weighted by molar-refractivity contribution is 5.24. The third-order valence-corrected chi connectivity index (χ3v) is 4.86. The molecule has 1 fully saturated rings. The standard InChI is InChI=1S/C24H29NO/c1-2-18-25(20-21-11-5-3-6-12-21)19-17-22-13-9-10-16-24(22)26-23-14-7-4-8-15-23/h2-8,11-12,14-15,17,24H,1,9-10,13,16,18-20H2/b22-17+. The van der Waals surface area contributed by atoms with Crippen LogP contribution in [-0.2, 0) is 6.54 Å². The van der Waals surface area contributed by atoms with Gasteiger partial charge in [0.2, 0.25) is 0 Å². The van der Waals surface area contributed by atoms with E-state index in [-0.39, 0.29) is 6.10 Å². The summed E-state index contributed by atoms with van der Waals surface area (Å²) in [6, 6.07) is 20.8. The number of ether oxygens (including phenoxy) is 1. The molecule has 3 rings (SSSR count). The maximum atomic E-state index is 6.27. The highest BCUT2D eigenvalue weighted by atomic mass is 16.5. The minimum absolute atomic E-state index is 0.216. The maximum Gasteiger partial charge on any atom is 0.120 e. The number of hydrogen-bond donors (Lipinski definition) is 0. The van der Waals surface area contributed by atoms with Gasteiger partial charge >= 0.3 is 0 Å². The molecular weight excluding hydrogens is 318 g/mol. The molecule has 0 aliphatic heterocycles. The molecule has 0 saturated heterocycles. The summed E-state index contributed by atoms with van der Waals surface area (Å²) in [5.41, 5.74) is 2.79. The average molecular weight is 348 g/mol. The summed E-state index contributed by atoms with van der Waals surface area (Å²) in [4.78, 5) is 2.42. The van der Waals surface area contributed by atoms with Gasteiger partial charge in [-0.05, 0) is 49.0 Å². The Morgan fingerprint density at radius 1 is 0.962 bits per heavy atom. The van der Waals surface area contributed by atoms with E-state index < -0.39 is 0 Å². The van der Waals surface area contributed by atoms with Crippen molar-refractivity contribution in [3.8, 4) is 5.75 Å². The van der Waals surface area contributed by atoms with Crippen molar-refractivity contribution in [1.82, 2.24) is 4.90 Å². The smallest absolute Gasteiger partial charge is 0.120 e. The maximum absolute atomic E-state index is 6.27. The fraction of sp³-hybridized carbons (Fsp3) is 0.333. The largest absolute Gasteiger partial charge is 0.486 e. The zero-order valence-electron chi connectivity index (χ0n) is 15.5. The molecule has 136 valence electrons. The summed E-state index contributed by atoms with van der Waals surface area (Å²) in [7, 11) is 0. The van der Waals surface area contributed by atoms with Gasteiger partial charge < -0.3 is 4.74 Å². The van der Waals surface area contributed by atoms with Crippen LogP contribution >= 0.6 is 0 Å². The lowest BCUT2D eigenvalue weighted by atomic mass is 9.91. The first-order valence-corrected chi connectivity index (χ1v) is 9.63. The first-order valence-electron chi connectivity index (χ1n) is 9.63. The first-order chi connectivity index (χ1) is 12.8. The van der Waals surface area contributed by atoms with E-state index in [0.717, 1.165) is 38.2 Å². The van der Waals surface area contributed by atoms with Gasteiger partial charge in [-0.2, -0.15) is 0 Å². The predicted molar refractivity (Wildman–Crippen MR) is 109 cm³/mol. The molecule has 0 amide bonds. The summed E-state index contributed by atoms with van der Waals surface area (Å²) in [5.74, 6) is 0.970. The summed E-state index contributed by atoms with van der Waals surface area (Å²) >= 11 is 0. The van der Waals surface area contributed by atoms with Crippen molar-refractivity contribution in [3.63, 3.8) is 0 Å². The zero-order chi connectivity index (χ0) is 18.0. The van der Waals surface area contributed by atoms with Crippen LogP contribution in [0.3, 0.4) is 0 Å². The average Bonchev–Trinajstić information content (AvgIpc) is 2.69. The summed E-state index contributed by atoms with van der Waals surface area (Å²) in [5, 5.41) is 0. The van der Waals surface area contributed by atoms with E-state index in [1.807, 2.05) is 36.4 Å². The minimum Gasteiger partial charge on any atom is -0.486 e. The van der Waals surface area contributed by atoms with Crippen molar-refractivity contribution < 1.29 is 4.74 Å². The Balaban J connectivity index is 1.65. The Bertz CT molecular complexity index is 693. The highest BCUT2D eigenvalue weighted by Crippen LogP contribution is 2.28. The lowest BCUT2D eigenvalue weighted by molar-refractivity contribution is 0.202. The molecule has 0 spiro atoms. The molecule has 26 heavy (non-hydrogen) atoms. The Labute approximate surface area is 157 Å². The van der Waals surface area contributed by atoms with E-state index in [9.17, 15) is 0 Å². The van der Waals surface area contributed by atoms with Gasteiger partial charge in [-0.3, -0.25) is 4.90 Å². The first kappa shape index (κ1) is 18.5. The van der Waals surface area contributed by atoms with Gasteiger partial charge in [0.05, 0.1) is 0 Å².